The van der Waals surface area contributed by atoms with E-state index in [-0.39, 0.29) is 17.9 Å². The van der Waals surface area contributed by atoms with Gasteiger partial charge in [0, 0.05) is 6.42 Å². The maximum Gasteiger partial charge on any atom is 0.326 e. The average molecular weight is 294 g/mol. The first-order chi connectivity index (χ1) is 9.82. The van der Waals surface area contributed by atoms with Crippen LogP contribution in [0.5, 0.6) is 11.5 Å². The molecule has 0 saturated heterocycles. The minimum Gasteiger partial charge on any atom is -0.504 e. The van der Waals surface area contributed by atoms with Crippen molar-refractivity contribution in [2.24, 2.45) is 5.73 Å². The molecule has 1 aliphatic rings. The summed E-state index contributed by atoms with van der Waals surface area (Å²) in [6.45, 7) is 0. The quantitative estimate of drug-likeness (QED) is 0.489. The van der Waals surface area contributed by atoms with E-state index in [9.17, 15) is 24.9 Å². The van der Waals surface area contributed by atoms with Gasteiger partial charge in [0.1, 0.15) is 6.04 Å². The highest BCUT2D eigenvalue weighted by atomic mass is 16.4. The van der Waals surface area contributed by atoms with Gasteiger partial charge in [-0.2, -0.15) is 0 Å². The topological polar surface area (TPSA) is 133 Å². The Morgan fingerprint density at radius 2 is 1.95 bits per heavy atom. The molecule has 6 N–H and O–H groups in total. The Balaban J connectivity index is 2.07. The number of carboxylic acids is 1. The molecule has 1 saturated carbocycles. The number of phenols is 2. The van der Waals surface area contributed by atoms with Gasteiger partial charge >= 0.3 is 5.97 Å². The Bertz CT molecular complexity index is 568. The summed E-state index contributed by atoms with van der Waals surface area (Å²) >= 11 is 0. The molecule has 0 aromatic heterocycles. The smallest absolute Gasteiger partial charge is 0.326 e. The fraction of sp³-hybridized carbons (Fsp3) is 0.429. The van der Waals surface area contributed by atoms with Crippen LogP contribution in [0.25, 0.3) is 0 Å². The molecule has 7 nitrogen and oxygen atoms in total. The number of carbonyl (C=O) groups is 2. The molecule has 1 aliphatic carbocycles. The molecule has 0 unspecified atom stereocenters. The first kappa shape index (κ1) is 15.1. The largest absolute Gasteiger partial charge is 0.504 e. The molecule has 0 heterocycles. The van der Waals surface area contributed by atoms with Gasteiger partial charge in [-0.05, 0) is 37.0 Å². The first-order valence-corrected chi connectivity index (χ1v) is 6.65. The molecule has 0 spiro atoms. The second kappa shape index (κ2) is 5.61. The number of hydrogen-bond donors (Lipinski definition) is 5. The number of hydrogen-bond acceptors (Lipinski definition) is 5. The highest BCUT2D eigenvalue weighted by Gasteiger charge is 2.41. The molecule has 7 heteroatoms. The van der Waals surface area contributed by atoms with E-state index >= 15 is 0 Å². The van der Waals surface area contributed by atoms with Crippen LogP contribution in [0.2, 0.25) is 0 Å². The van der Waals surface area contributed by atoms with Crippen LogP contribution in [0.3, 0.4) is 0 Å². The number of amides is 1. The van der Waals surface area contributed by atoms with E-state index in [0.717, 1.165) is 6.42 Å². The van der Waals surface area contributed by atoms with E-state index in [2.05, 4.69) is 5.32 Å². The number of rotatable bonds is 5. The molecule has 1 aromatic rings. The zero-order valence-electron chi connectivity index (χ0n) is 11.4. The van der Waals surface area contributed by atoms with Gasteiger partial charge in [-0.3, -0.25) is 4.79 Å². The van der Waals surface area contributed by atoms with Gasteiger partial charge in [-0.15, -0.1) is 0 Å². The minimum atomic E-state index is -1.18. The molecule has 1 atom stereocenters. The molecular weight excluding hydrogens is 276 g/mol. The third-order valence-corrected chi connectivity index (χ3v) is 3.78. The van der Waals surface area contributed by atoms with Crippen LogP contribution < -0.4 is 11.1 Å². The summed E-state index contributed by atoms with van der Waals surface area (Å²) in [4.78, 5) is 23.2. The number of carbonyl (C=O) groups excluding carboxylic acids is 1. The zero-order valence-corrected chi connectivity index (χ0v) is 11.4. The summed E-state index contributed by atoms with van der Waals surface area (Å²) in [5, 5.41) is 30.3. The lowest BCUT2D eigenvalue weighted by Crippen LogP contribution is -2.61. The second-order valence-electron chi connectivity index (χ2n) is 5.40. The molecule has 21 heavy (non-hydrogen) atoms. The van der Waals surface area contributed by atoms with E-state index in [0.29, 0.717) is 18.4 Å². The predicted octanol–water partition coefficient (Wildman–Crippen LogP) is 0.0911. The number of nitrogens with two attached hydrogens (primary N) is 1. The monoisotopic (exact) mass is 294 g/mol. The van der Waals surface area contributed by atoms with Crippen molar-refractivity contribution in [3.05, 3.63) is 23.8 Å². The maximum absolute atomic E-state index is 12.0. The normalized spacial score (nSPS) is 17.6. The molecular formula is C14H18N2O5. The Labute approximate surface area is 121 Å². The number of phenolic OH excluding ortho intramolecular Hbond substituents is 2. The van der Waals surface area contributed by atoms with Gasteiger partial charge in [0.25, 0.3) is 0 Å². The van der Waals surface area contributed by atoms with Gasteiger partial charge in [-0.1, -0.05) is 6.07 Å². The van der Waals surface area contributed by atoms with E-state index in [1.807, 2.05) is 0 Å². The molecule has 2 rings (SSSR count). The Morgan fingerprint density at radius 3 is 2.43 bits per heavy atom. The van der Waals surface area contributed by atoms with E-state index in [1.165, 1.54) is 18.2 Å². The Kier molecular flexibility index (Phi) is 4.04. The lowest BCUT2D eigenvalue weighted by Gasteiger charge is -2.37. The van der Waals surface area contributed by atoms with Gasteiger partial charge in [0.05, 0.1) is 5.54 Å². The molecule has 1 aromatic carbocycles. The lowest BCUT2D eigenvalue weighted by atomic mass is 9.77. The number of aromatic hydroxyl groups is 2. The first-order valence-electron chi connectivity index (χ1n) is 6.65. The second-order valence-corrected chi connectivity index (χ2v) is 5.40. The van der Waals surface area contributed by atoms with Crippen LogP contribution in [0.4, 0.5) is 0 Å². The third-order valence-electron chi connectivity index (χ3n) is 3.78. The van der Waals surface area contributed by atoms with Crippen molar-refractivity contribution in [1.82, 2.24) is 5.32 Å². The molecule has 114 valence electrons. The van der Waals surface area contributed by atoms with Gasteiger partial charge in [-0.25, -0.2) is 4.79 Å². The third kappa shape index (κ3) is 3.25. The van der Waals surface area contributed by atoms with Gasteiger partial charge in [0.2, 0.25) is 5.91 Å². The standard InChI is InChI=1S/C14H18N2O5/c15-14(4-1-5-14)13(21)16-9(12(19)20)6-8-2-3-10(17)11(18)7-8/h2-3,7,9,17-18H,1,4-6,15H2,(H,16,21)(H,19,20)/t9-/m0/s1. The molecule has 0 radical (unpaired) electrons. The number of carboxylic acid groups (broad SMARTS) is 1. The SMILES string of the molecule is NC1(C(=O)N[C@@H](Cc2ccc(O)c(O)c2)C(=O)O)CCC1. The van der Waals surface area contributed by atoms with Crippen molar-refractivity contribution in [3.63, 3.8) is 0 Å². The summed E-state index contributed by atoms with van der Waals surface area (Å²) in [5.41, 5.74) is 5.37. The van der Waals surface area contributed by atoms with E-state index in [1.54, 1.807) is 0 Å². The van der Waals surface area contributed by atoms with Crippen LogP contribution in [0.1, 0.15) is 24.8 Å². The summed E-state index contributed by atoms with van der Waals surface area (Å²) in [6, 6.07) is 2.88. The van der Waals surface area contributed by atoms with Crippen molar-refractivity contribution < 1.29 is 24.9 Å². The summed E-state index contributed by atoms with van der Waals surface area (Å²) < 4.78 is 0. The fourth-order valence-corrected chi connectivity index (χ4v) is 2.22. The van der Waals surface area contributed by atoms with Crippen LogP contribution in [0, 0.1) is 0 Å². The number of benzene rings is 1. The number of aliphatic carboxylic acids is 1. The van der Waals surface area contributed by atoms with Crippen molar-refractivity contribution >= 4 is 11.9 Å². The Hall–Kier alpha value is -2.28. The van der Waals surface area contributed by atoms with Crippen molar-refractivity contribution in [3.8, 4) is 11.5 Å². The lowest BCUT2D eigenvalue weighted by molar-refractivity contribution is -0.143. The molecule has 1 amide bonds. The van der Waals surface area contributed by atoms with Crippen molar-refractivity contribution in [1.29, 1.82) is 0 Å². The van der Waals surface area contributed by atoms with E-state index in [4.69, 9.17) is 5.73 Å². The number of nitrogens with one attached hydrogen (secondary N) is 1. The predicted molar refractivity (Wildman–Crippen MR) is 73.8 cm³/mol. The molecule has 0 bridgehead atoms. The Morgan fingerprint density at radius 1 is 1.29 bits per heavy atom. The van der Waals surface area contributed by atoms with Crippen LogP contribution in [-0.2, 0) is 16.0 Å². The molecule has 0 aliphatic heterocycles. The maximum atomic E-state index is 12.0. The summed E-state index contributed by atoms with van der Waals surface area (Å²) in [7, 11) is 0. The summed E-state index contributed by atoms with van der Waals surface area (Å²) in [5.74, 6) is -2.27. The minimum absolute atomic E-state index is 0.00894. The highest BCUT2D eigenvalue weighted by Crippen LogP contribution is 2.29. The van der Waals surface area contributed by atoms with Crippen LogP contribution in [-0.4, -0.2) is 38.8 Å². The average Bonchev–Trinajstić information content (AvgIpc) is 2.39. The van der Waals surface area contributed by atoms with Crippen LogP contribution >= 0.6 is 0 Å². The van der Waals surface area contributed by atoms with Gasteiger partial charge in [0.15, 0.2) is 11.5 Å². The highest BCUT2D eigenvalue weighted by molar-refractivity contribution is 5.90. The zero-order chi connectivity index (χ0) is 15.6. The molecule has 1 fully saturated rings. The van der Waals surface area contributed by atoms with Gasteiger partial charge < -0.3 is 26.4 Å². The fourth-order valence-electron chi connectivity index (χ4n) is 2.22. The summed E-state index contributed by atoms with van der Waals surface area (Å²) in [6.07, 6.45) is 1.94. The van der Waals surface area contributed by atoms with Crippen molar-refractivity contribution in [2.45, 2.75) is 37.3 Å². The van der Waals surface area contributed by atoms with E-state index < -0.39 is 23.5 Å². The van der Waals surface area contributed by atoms with Crippen LogP contribution in [0.15, 0.2) is 18.2 Å². The van der Waals surface area contributed by atoms with Crippen molar-refractivity contribution in [2.75, 3.05) is 0 Å².